The third kappa shape index (κ3) is 4.00. The Hall–Kier alpha value is -2.74. The molecule has 1 N–H and O–H groups in total. The van der Waals surface area contributed by atoms with E-state index in [1.165, 1.54) is 9.91 Å². The van der Waals surface area contributed by atoms with E-state index in [0.717, 1.165) is 11.1 Å². The van der Waals surface area contributed by atoms with Crippen molar-refractivity contribution < 1.29 is 24.2 Å². The van der Waals surface area contributed by atoms with Crippen LogP contribution in [0.5, 0.6) is 0 Å². The first-order chi connectivity index (χ1) is 12.8. The van der Waals surface area contributed by atoms with Gasteiger partial charge in [0, 0.05) is 19.4 Å². The van der Waals surface area contributed by atoms with E-state index in [0.29, 0.717) is 12.2 Å². The number of aliphatic carboxylic acids is 1. The number of carbonyl (C=O) groups is 3. The van der Waals surface area contributed by atoms with Gasteiger partial charge in [0.05, 0.1) is 18.3 Å². The molecule has 2 amide bonds. The minimum atomic E-state index is -1.10. The van der Waals surface area contributed by atoms with Crippen molar-refractivity contribution in [1.29, 1.82) is 0 Å². The maximum absolute atomic E-state index is 12.9. The number of morpholine rings is 1. The van der Waals surface area contributed by atoms with Crippen LogP contribution in [0.3, 0.4) is 0 Å². The highest BCUT2D eigenvalue weighted by molar-refractivity contribution is 6.40. The molecule has 0 aliphatic carbocycles. The third-order valence-corrected chi connectivity index (χ3v) is 4.70. The summed E-state index contributed by atoms with van der Waals surface area (Å²) in [7, 11) is 0. The van der Waals surface area contributed by atoms with Crippen molar-refractivity contribution in [3.8, 4) is 0 Å². The Morgan fingerprint density at radius 3 is 2.67 bits per heavy atom. The van der Waals surface area contributed by atoms with E-state index >= 15 is 0 Å². The highest BCUT2D eigenvalue weighted by Gasteiger charge is 2.36. The van der Waals surface area contributed by atoms with Crippen molar-refractivity contribution in [3.63, 3.8) is 0 Å². The van der Waals surface area contributed by atoms with E-state index in [-0.39, 0.29) is 43.0 Å². The molecular weight excluding hydrogens is 350 g/mol. The second kappa shape index (κ2) is 7.48. The highest BCUT2D eigenvalue weighted by atomic mass is 16.5. The van der Waals surface area contributed by atoms with E-state index in [9.17, 15) is 19.5 Å². The number of hydrogen-bond donors (Lipinski definition) is 1. The van der Waals surface area contributed by atoms with Crippen LogP contribution in [0.1, 0.15) is 30.9 Å². The van der Waals surface area contributed by atoms with Gasteiger partial charge in [-0.25, -0.2) is 9.80 Å². The summed E-state index contributed by atoms with van der Waals surface area (Å²) in [5.74, 6) is -1.62. The molecule has 2 aliphatic heterocycles. The average Bonchev–Trinajstić information content (AvgIpc) is 2.63. The maximum Gasteiger partial charge on any atom is 0.334 e. The summed E-state index contributed by atoms with van der Waals surface area (Å²) in [6, 6.07) is 5.72. The Bertz CT molecular complexity index is 820. The van der Waals surface area contributed by atoms with Gasteiger partial charge in [0.1, 0.15) is 5.71 Å². The van der Waals surface area contributed by atoms with Crippen LogP contribution in [-0.2, 0) is 19.1 Å². The fraction of sp³-hybridized carbons (Fsp3) is 0.474. The van der Waals surface area contributed by atoms with E-state index in [1.54, 1.807) is 6.92 Å². The van der Waals surface area contributed by atoms with Gasteiger partial charge in [-0.15, -0.1) is 0 Å². The number of carboxylic acids is 1. The molecule has 0 radical (unpaired) electrons. The van der Waals surface area contributed by atoms with Gasteiger partial charge < -0.3 is 14.7 Å². The van der Waals surface area contributed by atoms with Crippen molar-refractivity contribution in [2.45, 2.75) is 45.8 Å². The number of aryl methyl sites for hydroxylation is 2. The second-order valence-corrected chi connectivity index (χ2v) is 7.03. The summed E-state index contributed by atoms with van der Waals surface area (Å²) < 4.78 is 5.35. The van der Waals surface area contributed by atoms with Crippen LogP contribution in [0, 0.1) is 13.8 Å². The molecule has 0 bridgehead atoms. The second-order valence-electron chi connectivity index (χ2n) is 7.03. The molecule has 2 atom stereocenters. The van der Waals surface area contributed by atoms with Crippen LogP contribution in [0.25, 0.3) is 0 Å². The number of ether oxygens (including phenoxy) is 1. The van der Waals surface area contributed by atoms with Gasteiger partial charge in [0.15, 0.2) is 6.10 Å². The molecule has 8 nitrogen and oxygen atoms in total. The van der Waals surface area contributed by atoms with Gasteiger partial charge in [-0.1, -0.05) is 12.1 Å². The van der Waals surface area contributed by atoms with Gasteiger partial charge in [0.2, 0.25) is 5.91 Å². The van der Waals surface area contributed by atoms with E-state index < -0.39 is 12.1 Å². The summed E-state index contributed by atoms with van der Waals surface area (Å²) in [5, 5.41) is 14.8. The quantitative estimate of drug-likeness (QED) is 0.865. The molecule has 1 aromatic rings. The van der Waals surface area contributed by atoms with Gasteiger partial charge in [0.25, 0.3) is 5.91 Å². The van der Waals surface area contributed by atoms with Crippen molar-refractivity contribution >= 4 is 29.2 Å². The molecule has 8 heteroatoms. The zero-order chi connectivity index (χ0) is 19.7. The Kier molecular flexibility index (Phi) is 5.27. The van der Waals surface area contributed by atoms with Crippen LogP contribution < -0.4 is 5.01 Å². The van der Waals surface area contributed by atoms with Crippen molar-refractivity contribution in [1.82, 2.24) is 4.90 Å². The molecule has 0 saturated carbocycles. The van der Waals surface area contributed by atoms with E-state index in [4.69, 9.17) is 4.74 Å². The standard InChI is InChI=1S/C19H23N3O5/c1-11-4-5-12(2)15(8-11)22-17(23)7-6-14(20-22)18(24)21-9-13(3)27-16(10-21)19(25)26/h4-5,8,13,16H,6-7,9-10H2,1-3H3,(H,25,26)/t13-,16?/m1/s1. The van der Waals surface area contributed by atoms with Crippen LogP contribution in [0.2, 0.25) is 0 Å². The number of nitrogens with zero attached hydrogens (tertiary/aromatic N) is 3. The summed E-state index contributed by atoms with van der Waals surface area (Å²) in [6.45, 7) is 5.79. The zero-order valence-corrected chi connectivity index (χ0v) is 15.6. The molecule has 1 saturated heterocycles. The largest absolute Gasteiger partial charge is 0.479 e. The molecule has 1 unspecified atom stereocenters. The molecule has 0 spiro atoms. The Morgan fingerprint density at radius 2 is 1.96 bits per heavy atom. The molecule has 1 fully saturated rings. The van der Waals surface area contributed by atoms with E-state index in [1.807, 2.05) is 32.0 Å². The van der Waals surface area contributed by atoms with Crippen LogP contribution in [0.4, 0.5) is 5.69 Å². The molecule has 1 aromatic carbocycles. The molecule has 0 aromatic heterocycles. The number of carbonyl (C=O) groups excluding carboxylic acids is 2. The fourth-order valence-corrected chi connectivity index (χ4v) is 3.28. The summed E-state index contributed by atoms with van der Waals surface area (Å²) in [5.41, 5.74) is 2.79. The Labute approximate surface area is 157 Å². The Morgan fingerprint density at radius 1 is 1.22 bits per heavy atom. The number of anilines is 1. The lowest BCUT2D eigenvalue weighted by molar-refractivity contribution is -0.164. The van der Waals surface area contributed by atoms with E-state index in [2.05, 4.69) is 5.10 Å². The summed E-state index contributed by atoms with van der Waals surface area (Å²) in [4.78, 5) is 38.0. The fourth-order valence-electron chi connectivity index (χ4n) is 3.28. The first-order valence-corrected chi connectivity index (χ1v) is 8.91. The predicted octanol–water partition coefficient (Wildman–Crippen LogP) is 1.49. The van der Waals surface area contributed by atoms with Crippen LogP contribution in [-0.4, -0.2) is 58.8 Å². The number of benzene rings is 1. The number of rotatable bonds is 3. The number of hydrazone groups is 1. The molecule has 2 aliphatic rings. The first-order valence-electron chi connectivity index (χ1n) is 8.91. The van der Waals surface area contributed by atoms with Gasteiger partial charge in [-0.2, -0.15) is 5.10 Å². The monoisotopic (exact) mass is 373 g/mol. The molecular formula is C19H23N3O5. The number of carboxylic acid groups (broad SMARTS) is 1. The Balaban J connectivity index is 1.87. The molecule has 144 valence electrons. The SMILES string of the molecule is Cc1ccc(C)c(N2N=C(C(=O)N3CC(C(=O)O)O[C@H](C)C3)CCC2=O)c1. The average molecular weight is 373 g/mol. The lowest BCUT2D eigenvalue weighted by Crippen LogP contribution is -2.54. The molecule has 2 heterocycles. The van der Waals surface area contributed by atoms with Gasteiger partial charge in [-0.05, 0) is 38.0 Å². The summed E-state index contributed by atoms with van der Waals surface area (Å²) in [6.07, 6.45) is -1.02. The lowest BCUT2D eigenvalue weighted by atomic mass is 10.1. The van der Waals surface area contributed by atoms with Crippen LogP contribution >= 0.6 is 0 Å². The third-order valence-electron chi connectivity index (χ3n) is 4.70. The van der Waals surface area contributed by atoms with Crippen molar-refractivity contribution in [3.05, 3.63) is 29.3 Å². The van der Waals surface area contributed by atoms with Crippen LogP contribution in [0.15, 0.2) is 23.3 Å². The normalized spacial score (nSPS) is 23.2. The van der Waals surface area contributed by atoms with Crippen molar-refractivity contribution in [2.75, 3.05) is 18.1 Å². The number of amides is 2. The minimum absolute atomic E-state index is 0.0328. The highest BCUT2D eigenvalue weighted by Crippen LogP contribution is 2.26. The minimum Gasteiger partial charge on any atom is -0.479 e. The van der Waals surface area contributed by atoms with Gasteiger partial charge in [-0.3, -0.25) is 9.59 Å². The maximum atomic E-state index is 12.9. The summed E-state index contributed by atoms with van der Waals surface area (Å²) >= 11 is 0. The van der Waals surface area contributed by atoms with Crippen molar-refractivity contribution in [2.24, 2.45) is 5.10 Å². The first kappa shape index (κ1) is 19.0. The lowest BCUT2D eigenvalue weighted by Gasteiger charge is -2.35. The molecule has 27 heavy (non-hydrogen) atoms. The smallest absolute Gasteiger partial charge is 0.334 e. The predicted molar refractivity (Wildman–Crippen MR) is 98.6 cm³/mol. The number of hydrogen-bond acceptors (Lipinski definition) is 5. The topological polar surface area (TPSA) is 99.5 Å². The zero-order valence-electron chi connectivity index (χ0n) is 15.6. The van der Waals surface area contributed by atoms with Gasteiger partial charge >= 0.3 is 5.97 Å². The molecule has 3 rings (SSSR count).